The zero-order valence-corrected chi connectivity index (χ0v) is 18.9. The van der Waals surface area contributed by atoms with Gasteiger partial charge in [0.15, 0.2) is 5.16 Å². The Morgan fingerprint density at radius 3 is 2.77 bits per heavy atom. The molecule has 1 fully saturated rings. The number of rotatable bonds is 7. The second-order valence-electron chi connectivity index (χ2n) is 7.33. The van der Waals surface area contributed by atoms with Crippen LogP contribution in [-0.4, -0.2) is 51.0 Å². The first-order valence-corrected chi connectivity index (χ1v) is 11.5. The maximum absolute atomic E-state index is 13.0. The zero-order valence-electron chi connectivity index (χ0n) is 17.4. The Balaban J connectivity index is 1.64. The van der Waals surface area contributed by atoms with Crippen molar-refractivity contribution in [2.45, 2.75) is 50.5 Å². The van der Waals surface area contributed by atoms with E-state index in [9.17, 15) is 18.0 Å². The number of carbonyl (C=O) groups is 1. The molecule has 1 saturated heterocycles. The third kappa shape index (κ3) is 5.93. The molecular weight excluding hydrogens is 451 g/mol. The molecule has 0 saturated carbocycles. The molecule has 6 nitrogen and oxygen atoms in total. The van der Waals surface area contributed by atoms with Crippen LogP contribution in [0.4, 0.5) is 18.9 Å². The van der Waals surface area contributed by atoms with Gasteiger partial charge in [0.25, 0.3) is 0 Å². The smallest absolute Gasteiger partial charge is 0.325 e. The summed E-state index contributed by atoms with van der Waals surface area (Å²) < 4.78 is 41.2. The molecule has 1 aromatic carbocycles. The van der Waals surface area contributed by atoms with Crippen LogP contribution in [0.5, 0.6) is 0 Å². The van der Waals surface area contributed by atoms with Crippen molar-refractivity contribution in [3.63, 3.8) is 0 Å². The molecule has 1 amide bonds. The Morgan fingerprint density at radius 2 is 2.10 bits per heavy atom. The van der Waals surface area contributed by atoms with E-state index in [1.54, 1.807) is 11.8 Å². The lowest BCUT2D eigenvalue weighted by molar-refractivity contribution is -0.137. The fourth-order valence-electron chi connectivity index (χ4n) is 3.77. The van der Waals surface area contributed by atoms with Crippen LogP contribution in [0, 0.1) is 0 Å². The van der Waals surface area contributed by atoms with E-state index >= 15 is 0 Å². The number of likely N-dealkylation sites (tertiary alicyclic amines) is 1. The summed E-state index contributed by atoms with van der Waals surface area (Å²) >= 11 is 7.29. The highest BCUT2D eigenvalue weighted by molar-refractivity contribution is 7.99. The summed E-state index contributed by atoms with van der Waals surface area (Å²) in [6.07, 6.45) is -2.72. The molecule has 1 aliphatic rings. The number of halogens is 4. The normalized spacial score (nSPS) is 17.7. The molecule has 0 unspecified atom stereocenters. The summed E-state index contributed by atoms with van der Waals surface area (Å²) in [5, 5.41) is 11.8. The second-order valence-corrected chi connectivity index (χ2v) is 8.97. The molecule has 170 valence electrons. The summed E-state index contributed by atoms with van der Waals surface area (Å²) in [6.45, 7) is 6.39. The fraction of sp³-hybridized carbons (Fsp3) is 0.550. The van der Waals surface area contributed by atoms with Crippen molar-refractivity contribution < 1.29 is 18.0 Å². The molecule has 2 heterocycles. The first kappa shape index (κ1) is 23.9. The van der Waals surface area contributed by atoms with Gasteiger partial charge in [-0.3, -0.25) is 9.69 Å². The Bertz CT molecular complexity index is 921. The van der Waals surface area contributed by atoms with Crippen LogP contribution in [0.25, 0.3) is 0 Å². The predicted molar refractivity (Wildman–Crippen MR) is 116 cm³/mol. The largest absolute Gasteiger partial charge is 0.417 e. The first-order valence-electron chi connectivity index (χ1n) is 10.2. The Labute approximate surface area is 188 Å². The number of benzene rings is 1. The Kier molecular flexibility index (Phi) is 7.87. The number of amides is 1. The van der Waals surface area contributed by atoms with E-state index in [1.165, 1.54) is 6.07 Å². The highest BCUT2D eigenvalue weighted by Crippen LogP contribution is 2.36. The summed E-state index contributed by atoms with van der Waals surface area (Å²) in [7, 11) is 0. The number of alkyl halides is 3. The average Bonchev–Trinajstić information content (AvgIpc) is 3.12. The van der Waals surface area contributed by atoms with E-state index < -0.39 is 16.8 Å². The number of anilines is 1. The van der Waals surface area contributed by atoms with Gasteiger partial charge in [0.1, 0.15) is 5.82 Å². The van der Waals surface area contributed by atoms with Crippen LogP contribution < -0.4 is 5.32 Å². The van der Waals surface area contributed by atoms with Crippen molar-refractivity contribution in [3.8, 4) is 0 Å². The second kappa shape index (κ2) is 10.2. The number of carbonyl (C=O) groups excluding carboxylic acids is 1. The standard InChI is InChI=1S/C20H25ClF3N5OS/c1-3-29-18(26-27-19(29)31-4-2)13-6-5-9-28(11-13)12-17(30)25-14-7-8-16(21)15(10-14)20(22,23)24/h7-8,10,13H,3-6,9,11-12H2,1-2H3,(H,25,30)/t13-/m1/s1. The molecule has 3 rings (SSSR count). The monoisotopic (exact) mass is 475 g/mol. The number of hydrogen-bond donors (Lipinski definition) is 1. The molecule has 1 aromatic heterocycles. The maximum atomic E-state index is 13.0. The maximum Gasteiger partial charge on any atom is 0.417 e. The van der Waals surface area contributed by atoms with Crippen molar-refractivity contribution in [1.29, 1.82) is 0 Å². The molecule has 2 aromatic rings. The van der Waals surface area contributed by atoms with E-state index in [1.807, 2.05) is 4.90 Å². The number of thioether (sulfide) groups is 1. The van der Waals surface area contributed by atoms with Crippen molar-refractivity contribution in [2.75, 3.05) is 30.7 Å². The van der Waals surface area contributed by atoms with E-state index in [0.29, 0.717) is 6.54 Å². The average molecular weight is 476 g/mol. The van der Waals surface area contributed by atoms with Crippen LogP contribution in [0.15, 0.2) is 23.4 Å². The highest BCUT2D eigenvalue weighted by atomic mass is 35.5. The lowest BCUT2D eigenvalue weighted by atomic mass is 9.97. The van der Waals surface area contributed by atoms with E-state index in [-0.39, 0.29) is 24.1 Å². The van der Waals surface area contributed by atoms with Crippen LogP contribution in [-0.2, 0) is 17.5 Å². The van der Waals surface area contributed by atoms with Gasteiger partial charge in [0, 0.05) is 24.7 Å². The van der Waals surface area contributed by atoms with Gasteiger partial charge in [0.05, 0.1) is 17.1 Å². The number of hydrogen-bond acceptors (Lipinski definition) is 5. The van der Waals surface area contributed by atoms with E-state index in [4.69, 9.17) is 11.6 Å². The summed E-state index contributed by atoms with van der Waals surface area (Å²) in [5.41, 5.74) is -0.896. The van der Waals surface area contributed by atoms with Gasteiger partial charge in [-0.2, -0.15) is 13.2 Å². The van der Waals surface area contributed by atoms with Gasteiger partial charge in [0.2, 0.25) is 5.91 Å². The van der Waals surface area contributed by atoms with Crippen molar-refractivity contribution in [2.24, 2.45) is 0 Å². The quantitative estimate of drug-likeness (QED) is 0.577. The summed E-state index contributed by atoms with van der Waals surface area (Å²) in [4.78, 5) is 14.5. The van der Waals surface area contributed by atoms with E-state index in [2.05, 4.69) is 33.9 Å². The van der Waals surface area contributed by atoms with Crippen LogP contribution >= 0.6 is 23.4 Å². The van der Waals surface area contributed by atoms with Gasteiger partial charge in [-0.05, 0) is 50.3 Å². The molecule has 1 aliphatic heterocycles. The van der Waals surface area contributed by atoms with Crippen LogP contribution in [0.1, 0.15) is 44.0 Å². The lowest BCUT2D eigenvalue weighted by Gasteiger charge is -2.31. The van der Waals surface area contributed by atoms with Crippen molar-refractivity contribution in [3.05, 3.63) is 34.6 Å². The van der Waals surface area contributed by atoms with Gasteiger partial charge < -0.3 is 9.88 Å². The number of nitrogens with one attached hydrogen (secondary N) is 1. The molecule has 0 bridgehead atoms. The molecule has 0 radical (unpaired) electrons. The van der Waals surface area contributed by atoms with E-state index in [0.717, 1.165) is 54.8 Å². The van der Waals surface area contributed by atoms with Crippen LogP contribution in [0.3, 0.4) is 0 Å². The van der Waals surface area contributed by atoms with Gasteiger partial charge >= 0.3 is 6.18 Å². The van der Waals surface area contributed by atoms with Crippen molar-refractivity contribution in [1.82, 2.24) is 19.7 Å². The third-order valence-corrected chi connectivity index (χ3v) is 6.31. The molecule has 11 heteroatoms. The van der Waals surface area contributed by atoms with Gasteiger partial charge in [-0.25, -0.2) is 0 Å². The Morgan fingerprint density at radius 1 is 1.32 bits per heavy atom. The lowest BCUT2D eigenvalue weighted by Crippen LogP contribution is -2.40. The molecule has 0 aliphatic carbocycles. The molecule has 31 heavy (non-hydrogen) atoms. The molecular formula is C20H25ClF3N5OS. The highest BCUT2D eigenvalue weighted by Gasteiger charge is 2.33. The van der Waals surface area contributed by atoms with Crippen molar-refractivity contribution >= 4 is 35.0 Å². The SMILES string of the molecule is CCSc1nnc([C@@H]2CCCN(CC(=O)Nc3ccc(Cl)c(C(F)(F)F)c3)C2)n1CC. The Hall–Kier alpha value is -1.78. The van der Waals surface area contributed by atoms with Crippen LogP contribution in [0.2, 0.25) is 5.02 Å². The number of nitrogens with zero attached hydrogens (tertiary/aromatic N) is 4. The number of aromatic nitrogens is 3. The summed E-state index contributed by atoms with van der Waals surface area (Å²) in [5.74, 6) is 1.63. The summed E-state index contributed by atoms with van der Waals surface area (Å²) in [6, 6.07) is 3.36. The minimum absolute atomic E-state index is 0.0715. The number of piperidine rings is 1. The minimum atomic E-state index is -4.58. The minimum Gasteiger partial charge on any atom is -0.325 e. The third-order valence-electron chi connectivity index (χ3n) is 5.13. The predicted octanol–water partition coefficient (Wildman–Crippen LogP) is 4.90. The molecule has 1 N–H and O–H groups in total. The van der Waals surface area contributed by atoms with Gasteiger partial charge in [-0.1, -0.05) is 30.3 Å². The zero-order chi connectivity index (χ0) is 22.6. The molecule has 0 spiro atoms. The van der Waals surface area contributed by atoms with Gasteiger partial charge in [-0.15, -0.1) is 10.2 Å². The first-order chi connectivity index (χ1) is 14.7. The topological polar surface area (TPSA) is 63.1 Å². The fourth-order valence-corrected chi connectivity index (χ4v) is 4.73. The molecule has 1 atom stereocenters.